The minimum atomic E-state index is -0.825. The minimum absolute atomic E-state index is 0.0126. The van der Waals surface area contributed by atoms with Crippen molar-refractivity contribution in [3.05, 3.63) is 12.7 Å². The number of carbonyl (C=O) groups excluding carboxylic acids is 1. The predicted molar refractivity (Wildman–Crippen MR) is 60.1 cm³/mol. The molecule has 1 N–H and O–H groups in total. The second kappa shape index (κ2) is 5.01. The van der Waals surface area contributed by atoms with E-state index < -0.39 is 11.9 Å². The largest absolute Gasteiger partial charge is 0.481 e. The van der Waals surface area contributed by atoms with Crippen LogP contribution < -0.4 is 0 Å². The second-order valence-electron chi connectivity index (χ2n) is 4.28. The van der Waals surface area contributed by atoms with Gasteiger partial charge < -0.3 is 14.9 Å². The molecule has 0 aromatic heterocycles. The van der Waals surface area contributed by atoms with E-state index in [1.165, 1.54) is 4.90 Å². The van der Waals surface area contributed by atoms with E-state index in [1.807, 2.05) is 6.92 Å². The van der Waals surface area contributed by atoms with Crippen molar-refractivity contribution in [1.29, 1.82) is 0 Å². The fourth-order valence-electron chi connectivity index (χ4n) is 1.96. The Balaban J connectivity index is 2.61. The number of aliphatic carboxylic acids is 1. The van der Waals surface area contributed by atoms with E-state index in [0.717, 1.165) is 0 Å². The lowest BCUT2D eigenvalue weighted by molar-refractivity contribution is -0.142. The van der Waals surface area contributed by atoms with Crippen molar-refractivity contribution in [1.82, 2.24) is 9.80 Å². The number of amides is 2. The van der Waals surface area contributed by atoms with Crippen LogP contribution in [0.3, 0.4) is 0 Å². The van der Waals surface area contributed by atoms with Gasteiger partial charge in [0.2, 0.25) is 0 Å². The summed E-state index contributed by atoms with van der Waals surface area (Å²) in [5, 5.41) is 8.96. The van der Waals surface area contributed by atoms with E-state index in [-0.39, 0.29) is 11.9 Å². The average Bonchev–Trinajstić information content (AvgIpc) is 2.59. The van der Waals surface area contributed by atoms with Gasteiger partial charge in [0.15, 0.2) is 0 Å². The third kappa shape index (κ3) is 2.53. The summed E-state index contributed by atoms with van der Waals surface area (Å²) in [6.45, 7) is 6.71. The lowest BCUT2D eigenvalue weighted by Crippen LogP contribution is -2.40. The summed E-state index contributed by atoms with van der Waals surface area (Å²) in [4.78, 5) is 25.9. The number of nitrogens with zero attached hydrogens (tertiary/aromatic N) is 2. The molecule has 16 heavy (non-hydrogen) atoms. The quantitative estimate of drug-likeness (QED) is 0.726. The summed E-state index contributed by atoms with van der Waals surface area (Å²) in [6, 6.07) is -0.129. The van der Waals surface area contributed by atoms with Crippen LogP contribution >= 0.6 is 0 Å². The van der Waals surface area contributed by atoms with Gasteiger partial charge in [-0.15, -0.1) is 6.58 Å². The third-order valence-corrected chi connectivity index (χ3v) is 2.93. The Labute approximate surface area is 95.3 Å². The molecule has 5 nitrogen and oxygen atoms in total. The number of rotatable bonds is 3. The van der Waals surface area contributed by atoms with E-state index in [4.69, 9.17) is 5.11 Å². The van der Waals surface area contributed by atoms with Crippen LogP contribution in [0.1, 0.15) is 6.92 Å². The van der Waals surface area contributed by atoms with Gasteiger partial charge in [0.1, 0.15) is 0 Å². The highest BCUT2D eigenvalue weighted by atomic mass is 16.4. The lowest BCUT2D eigenvalue weighted by Gasteiger charge is -2.23. The van der Waals surface area contributed by atoms with E-state index in [1.54, 1.807) is 18.0 Å². The van der Waals surface area contributed by atoms with Gasteiger partial charge in [0.05, 0.1) is 5.92 Å². The Hall–Kier alpha value is -1.52. The van der Waals surface area contributed by atoms with Gasteiger partial charge in [-0.2, -0.15) is 0 Å². The molecule has 1 aliphatic rings. The van der Waals surface area contributed by atoms with Crippen molar-refractivity contribution in [2.24, 2.45) is 11.8 Å². The Bertz CT molecular complexity index is 304. The Kier molecular flexibility index (Phi) is 3.93. The van der Waals surface area contributed by atoms with Crippen LogP contribution in [0.5, 0.6) is 0 Å². The minimum Gasteiger partial charge on any atom is -0.481 e. The molecule has 1 aliphatic heterocycles. The molecular weight excluding hydrogens is 208 g/mol. The van der Waals surface area contributed by atoms with E-state index >= 15 is 0 Å². The maximum Gasteiger partial charge on any atom is 0.320 e. The van der Waals surface area contributed by atoms with Crippen molar-refractivity contribution in [2.75, 3.05) is 26.7 Å². The first-order valence-electron chi connectivity index (χ1n) is 5.31. The highest BCUT2D eigenvalue weighted by molar-refractivity contribution is 5.77. The van der Waals surface area contributed by atoms with Gasteiger partial charge in [0, 0.05) is 26.7 Å². The molecule has 0 radical (unpaired) electrons. The van der Waals surface area contributed by atoms with Gasteiger partial charge in [-0.05, 0) is 5.92 Å². The molecule has 0 aliphatic carbocycles. The molecule has 2 atom stereocenters. The molecule has 1 rings (SSSR count). The van der Waals surface area contributed by atoms with E-state index in [2.05, 4.69) is 6.58 Å². The zero-order valence-electron chi connectivity index (χ0n) is 9.72. The molecule has 90 valence electrons. The molecule has 2 amide bonds. The number of likely N-dealkylation sites (tertiary alicyclic amines) is 1. The molecule has 1 saturated heterocycles. The smallest absolute Gasteiger partial charge is 0.320 e. The molecule has 0 spiro atoms. The number of carbonyl (C=O) groups is 2. The summed E-state index contributed by atoms with van der Waals surface area (Å²) in [5.74, 6) is -1.26. The van der Waals surface area contributed by atoms with Crippen LogP contribution in [-0.2, 0) is 4.79 Å². The number of hydrogen-bond acceptors (Lipinski definition) is 2. The average molecular weight is 226 g/mol. The van der Waals surface area contributed by atoms with Gasteiger partial charge in [-0.1, -0.05) is 13.0 Å². The number of likely N-dealkylation sites (N-methyl/N-ethyl adjacent to an activating group) is 1. The van der Waals surface area contributed by atoms with Crippen molar-refractivity contribution in [3.63, 3.8) is 0 Å². The fourth-order valence-corrected chi connectivity index (χ4v) is 1.96. The number of hydrogen-bond donors (Lipinski definition) is 1. The van der Waals surface area contributed by atoms with Gasteiger partial charge >= 0.3 is 12.0 Å². The van der Waals surface area contributed by atoms with Crippen molar-refractivity contribution < 1.29 is 14.7 Å². The summed E-state index contributed by atoms with van der Waals surface area (Å²) in [7, 11) is 1.68. The standard InChI is InChI=1S/C11H18N2O3/c1-4-5-12(3)11(16)13-6-8(2)9(7-13)10(14)15/h4,8-9H,1,5-7H2,2-3H3,(H,14,15)/t8-,9-/m1/s1. The van der Waals surface area contributed by atoms with E-state index in [0.29, 0.717) is 19.6 Å². The Morgan fingerprint density at radius 1 is 1.56 bits per heavy atom. The highest BCUT2D eigenvalue weighted by Crippen LogP contribution is 2.23. The summed E-state index contributed by atoms with van der Waals surface area (Å²) >= 11 is 0. The van der Waals surface area contributed by atoms with Crippen LogP contribution in [0, 0.1) is 11.8 Å². The number of carboxylic acid groups (broad SMARTS) is 1. The van der Waals surface area contributed by atoms with Gasteiger partial charge in [0.25, 0.3) is 0 Å². The molecule has 1 heterocycles. The maximum absolute atomic E-state index is 11.9. The summed E-state index contributed by atoms with van der Waals surface area (Å²) in [6.07, 6.45) is 1.64. The van der Waals surface area contributed by atoms with Crippen molar-refractivity contribution in [2.45, 2.75) is 6.92 Å². The molecule has 0 bridgehead atoms. The van der Waals surface area contributed by atoms with Gasteiger partial charge in [-0.3, -0.25) is 4.79 Å². The van der Waals surface area contributed by atoms with E-state index in [9.17, 15) is 9.59 Å². The Morgan fingerprint density at radius 2 is 2.19 bits per heavy atom. The van der Waals surface area contributed by atoms with Gasteiger partial charge in [-0.25, -0.2) is 4.79 Å². The molecule has 0 saturated carbocycles. The summed E-state index contributed by atoms with van der Waals surface area (Å²) in [5.41, 5.74) is 0. The normalized spacial score (nSPS) is 24.2. The molecule has 0 aromatic carbocycles. The molecular formula is C11H18N2O3. The summed E-state index contributed by atoms with van der Waals surface area (Å²) < 4.78 is 0. The first-order chi connectivity index (χ1) is 7.47. The topological polar surface area (TPSA) is 60.9 Å². The van der Waals surface area contributed by atoms with Crippen LogP contribution in [0.15, 0.2) is 12.7 Å². The third-order valence-electron chi connectivity index (χ3n) is 2.93. The van der Waals surface area contributed by atoms with Crippen molar-refractivity contribution >= 4 is 12.0 Å². The number of urea groups is 1. The molecule has 0 unspecified atom stereocenters. The zero-order valence-corrected chi connectivity index (χ0v) is 9.72. The van der Waals surface area contributed by atoms with Crippen LogP contribution in [0.25, 0.3) is 0 Å². The first kappa shape index (κ1) is 12.5. The van der Waals surface area contributed by atoms with Crippen LogP contribution in [0.4, 0.5) is 4.79 Å². The highest BCUT2D eigenvalue weighted by Gasteiger charge is 2.37. The molecule has 1 fully saturated rings. The predicted octanol–water partition coefficient (Wildman–Crippen LogP) is 0.877. The lowest BCUT2D eigenvalue weighted by atomic mass is 9.99. The fraction of sp³-hybridized carbons (Fsp3) is 0.636. The monoisotopic (exact) mass is 226 g/mol. The van der Waals surface area contributed by atoms with Crippen molar-refractivity contribution in [3.8, 4) is 0 Å². The number of carboxylic acids is 1. The Morgan fingerprint density at radius 3 is 2.62 bits per heavy atom. The molecule has 0 aromatic rings. The van der Waals surface area contributed by atoms with Crippen LogP contribution in [0.2, 0.25) is 0 Å². The zero-order chi connectivity index (χ0) is 12.3. The molecule has 5 heteroatoms. The maximum atomic E-state index is 11.9. The second-order valence-corrected chi connectivity index (χ2v) is 4.28. The SMILES string of the molecule is C=CCN(C)C(=O)N1C[C@@H](C)[C@H](C(=O)O)C1. The van der Waals surface area contributed by atoms with Crippen LogP contribution in [-0.4, -0.2) is 53.6 Å². The first-order valence-corrected chi connectivity index (χ1v) is 5.31.